The van der Waals surface area contributed by atoms with Crippen molar-refractivity contribution in [2.75, 3.05) is 40.3 Å². The van der Waals surface area contributed by atoms with Gasteiger partial charge in [0, 0.05) is 25.7 Å². The second kappa shape index (κ2) is 10.9. The number of hydrogen-bond acceptors (Lipinski definition) is 3. The lowest BCUT2D eigenvalue weighted by Gasteiger charge is -2.18. The van der Waals surface area contributed by atoms with Crippen LogP contribution in [-0.2, 0) is 6.54 Å². The van der Waals surface area contributed by atoms with Crippen molar-refractivity contribution < 1.29 is 4.74 Å². The quantitative estimate of drug-likeness (QED) is 0.417. The smallest absolute Gasteiger partial charge is 0.191 e. The molecule has 0 amide bonds. The normalized spacial score (nSPS) is 11.6. The summed E-state index contributed by atoms with van der Waals surface area (Å²) in [6.07, 6.45) is 1.11. The zero-order chi connectivity index (χ0) is 16.2. The Kier molecular flexibility index (Phi) is 9.07. The van der Waals surface area contributed by atoms with E-state index in [0.717, 1.165) is 49.9 Å². The minimum Gasteiger partial charge on any atom is -0.496 e. The average molecular weight is 306 g/mol. The number of para-hydroxylation sites is 1. The summed E-state index contributed by atoms with van der Waals surface area (Å²) in [5.41, 5.74) is 1.12. The molecule has 0 aliphatic heterocycles. The van der Waals surface area contributed by atoms with Crippen molar-refractivity contribution in [1.82, 2.24) is 15.5 Å². The maximum Gasteiger partial charge on any atom is 0.191 e. The minimum absolute atomic E-state index is 0.694. The van der Waals surface area contributed by atoms with E-state index in [-0.39, 0.29) is 0 Å². The molecule has 1 aromatic carbocycles. The Morgan fingerprint density at radius 3 is 2.55 bits per heavy atom. The van der Waals surface area contributed by atoms with Gasteiger partial charge in [0.15, 0.2) is 5.96 Å². The van der Waals surface area contributed by atoms with Crippen molar-refractivity contribution in [1.29, 1.82) is 0 Å². The van der Waals surface area contributed by atoms with Gasteiger partial charge >= 0.3 is 0 Å². The average Bonchev–Trinajstić information content (AvgIpc) is 2.58. The van der Waals surface area contributed by atoms with Crippen molar-refractivity contribution >= 4 is 5.96 Å². The number of aliphatic imine (C=N–C) groups is 1. The van der Waals surface area contributed by atoms with Gasteiger partial charge in [0.05, 0.1) is 7.11 Å². The molecule has 2 N–H and O–H groups in total. The number of nitrogens with zero attached hydrogens (tertiary/aromatic N) is 2. The summed E-state index contributed by atoms with van der Waals surface area (Å²) >= 11 is 0. The van der Waals surface area contributed by atoms with Crippen molar-refractivity contribution in [3.05, 3.63) is 29.8 Å². The number of rotatable bonds is 9. The summed E-state index contributed by atoms with van der Waals surface area (Å²) in [6, 6.07) is 8.01. The molecule has 124 valence electrons. The molecule has 1 rings (SSSR count). The third kappa shape index (κ3) is 6.35. The molecule has 0 bridgehead atoms. The van der Waals surface area contributed by atoms with Gasteiger partial charge in [-0.05, 0) is 32.1 Å². The van der Waals surface area contributed by atoms with E-state index < -0.39 is 0 Å². The van der Waals surface area contributed by atoms with Gasteiger partial charge < -0.3 is 20.3 Å². The Morgan fingerprint density at radius 2 is 1.91 bits per heavy atom. The fourth-order valence-electron chi connectivity index (χ4n) is 2.30. The number of ether oxygens (including phenoxy) is 1. The van der Waals surface area contributed by atoms with Crippen LogP contribution in [0.4, 0.5) is 0 Å². The standard InChI is InChI=1S/C17H30N4O/c1-5-21(6-2)13-9-12-19-17(18-3)20-14-15-10-7-8-11-16(15)22-4/h7-8,10-11H,5-6,9,12-14H2,1-4H3,(H2,18,19,20). The van der Waals surface area contributed by atoms with Gasteiger partial charge in [-0.3, -0.25) is 4.99 Å². The topological polar surface area (TPSA) is 48.9 Å². The summed E-state index contributed by atoms with van der Waals surface area (Å²) < 4.78 is 5.36. The largest absolute Gasteiger partial charge is 0.496 e. The molecule has 0 radical (unpaired) electrons. The van der Waals surface area contributed by atoms with Gasteiger partial charge in [-0.2, -0.15) is 0 Å². The van der Waals surface area contributed by atoms with Crippen LogP contribution in [0.1, 0.15) is 25.8 Å². The second-order valence-corrected chi connectivity index (χ2v) is 5.04. The van der Waals surface area contributed by atoms with Gasteiger partial charge in [-0.1, -0.05) is 32.0 Å². The Labute approximate surface area is 134 Å². The number of nitrogens with one attached hydrogen (secondary N) is 2. The highest BCUT2D eigenvalue weighted by Crippen LogP contribution is 2.16. The Morgan fingerprint density at radius 1 is 1.18 bits per heavy atom. The molecule has 22 heavy (non-hydrogen) atoms. The molecule has 0 aliphatic rings. The molecule has 5 nitrogen and oxygen atoms in total. The highest BCUT2D eigenvalue weighted by atomic mass is 16.5. The number of benzene rings is 1. The highest BCUT2D eigenvalue weighted by molar-refractivity contribution is 5.79. The monoisotopic (exact) mass is 306 g/mol. The predicted octanol–water partition coefficient (Wildman–Crippen LogP) is 2.09. The van der Waals surface area contributed by atoms with Crippen LogP contribution in [0.5, 0.6) is 5.75 Å². The van der Waals surface area contributed by atoms with Crippen LogP contribution in [0, 0.1) is 0 Å². The zero-order valence-electron chi connectivity index (χ0n) is 14.4. The van der Waals surface area contributed by atoms with Crippen LogP contribution in [0.3, 0.4) is 0 Å². The number of guanidine groups is 1. The SMILES string of the molecule is CCN(CC)CCCNC(=NC)NCc1ccccc1OC. The van der Waals surface area contributed by atoms with Crippen LogP contribution in [0.25, 0.3) is 0 Å². The van der Waals surface area contributed by atoms with Crippen molar-refractivity contribution in [3.63, 3.8) is 0 Å². The van der Waals surface area contributed by atoms with Gasteiger partial charge in [0.2, 0.25) is 0 Å². The Balaban J connectivity index is 2.34. The van der Waals surface area contributed by atoms with E-state index >= 15 is 0 Å². The van der Waals surface area contributed by atoms with Crippen molar-refractivity contribution in [2.24, 2.45) is 4.99 Å². The molecular formula is C17H30N4O. The third-order valence-electron chi connectivity index (χ3n) is 3.70. The van der Waals surface area contributed by atoms with Crippen LogP contribution < -0.4 is 15.4 Å². The minimum atomic E-state index is 0.694. The van der Waals surface area contributed by atoms with Crippen LogP contribution in [0.15, 0.2) is 29.3 Å². The van der Waals surface area contributed by atoms with Gasteiger partial charge in [-0.15, -0.1) is 0 Å². The zero-order valence-corrected chi connectivity index (χ0v) is 14.4. The fraction of sp³-hybridized carbons (Fsp3) is 0.588. The molecule has 0 aromatic heterocycles. The Bertz CT molecular complexity index is 444. The van der Waals surface area contributed by atoms with Gasteiger partial charge in [-0.25, -0.2) is 0 Å². The third-order valence-corrected chi connectivity index (χ3v) is 3.70. The molecule has 0 atom stereocenters. The summed E-state index contributed by atoms with van der Waals surface area (Å²) in [4.78, 5) is 6.68. The first-order valence-corrected chi connectivity index (χ1v) is 8.03. The summed E-state index contributed by atoms with van der Waals surface area (Å²) in [5.74, 6) is 1.72. The lowest BCUT2D eigenvalue weighted by Crippen LogP contribution is -2.38. The van der Waals surface area contributed by atoms with Crippen LogP contribution >= 0.6 is 0 Å². The van der Waals surface area contributed by atoms with E-state index in [0.29, 0.717) is 6.54 Å². The number of hydrogen-bond donors (Lipinski definition) is 2. The lowest BCUT2D eigenvalue weighted by molar-refractivity contribution is 0.300. The first kappa shape index (κ1) is 18.3. The summed E-state index contributed by atoms with van der Waals surface area (Å²) in [6.45, 7) is 9.34. The predicted molar refractivity (Wildman–Crippen MR) is 93.6 cm³/mol. The molecule has 0 heterocycles. The lowest BCUT2D eigenvalue weighted by atomic mass is 10.2. The Hall–Kier alpha value is -1.75. The summed E-state index contributed by atoms with van der Waals surface area (Å²) in [5, 5.41) is 6.67. The molecule has 1 aromatic rings. The van der Waals surface area contributed by atoms with E-state index in [1.807, 2.05) is 18.2 Å². The first-order valence-electron chi connectivity index (χ1n) is 8.03. The highest BCUT2D eigenvalue weighted by Gasteiger charge is 2.03. The second-order valence-electron chi connectivity index (χ2n) is 5.04. The molecule has 0 saturated carbocycles. The maximum atomic E-state index is 5.36. The molecule has 0 saturated heterocycles. The maximum absolute atomic E-state index is 5.36. The van der Waals surface area contributed by atoms with E-state index in [1.165, 1.54) is 0 Å². The molecule has 0 aliphatic carbocycles. The van der Waals surface area contributed by atoms with E-state index in [9.17, 15) is 0 Å². The van der Waals surface area contributed by atoms with Crippen molar-refractivity contribution in [2.45, 2.75) is 26.8 Å². The van der Waals surface area contributed by atoms with Crippen LogP contribution in [-0.4, -0.2) is 51.2 Å². The van der Waals surface area contributed by atoms with Gasteiger partial charge in [0.25, 0.3) is 0 Å². The first-order chi connectivity index (χ1) is 10.7. The van der Waals surface area contributed by atoms with E-state index in [2.05, 4.69) is 40.4 Å². The molecular weight excluding hydrogens is 276 g/mol. The van der Waals surface area contributed by atoms with Crippen LogP contribution in [0.2, 0.25) is 0 Å². The molecule has 0 unspecified atom stereocenters. The molecule has 0 spiro atoms. The van der Waals surface area contributed by atoms with Crippen molar-refractivity contribution in [3.8, 4) is 5.75 Å². The molecule has 5 heteroatoms. The van der Waals surface area contributed by atoms with E-state index in [4.69, 9.17) is 4.74 Å². The fourth-order valence-corrected chi connectivity index (χ4v) is 2.30. The molecule has 0 fully saturated rings. The van der Waals surface area contributed by atoms with Gasteiger partial charge in [0.1, 0.15) is 5.75 Å². The van der Waals surface area contributed by atoms with E-state index in [1.54, 1.807) is 14.2 Å². The summed E-state index contributed by atoms with van der Waals surface area (Å²) in [7, 11) is 3.49. The number of methoxy groups -OCH3 is 1.